The number of likely N-dealkylation sites (tertiary alicyclic amines) is 1. The van der Waals surface area contributed by atoms with E-state index in [2.05, 4.69) is 4.98 Å². The number of alkyl halides is 3. The summed E-state index contributed by atoms with van der Waals surface area (Å²) < 4.78 is 37.5. The van der Waals surface area contributed by atoms with E-state index in [-0.39, 0.29) is 24.1 Å². The Labute approximate surface area is 146 Å². The highest BCUT2D eigenvalue weighted by Crippen LogP contribution is 2.44. The highest BCUT2D eigenvalue weighted by Gasteiger charge is 2.46. The van der Waals surface area contributed by atoms with Gasteiger partial charge in [-0.2, -0.15) is 13.2 Å². The maximum absolute atomic E-state index is 12.5. The molecule has 1 saturated heterocycles. The van der Waals surface area contributed by atoms with Gasteiger partial charge in [-0.3, -0.25) is 9.59 Å². The van der Waals surface area contributed by atoms with Crippen LogP contribution in [0.3, 0.4) is 0 Å². The number of hydrogen-bond acceptors (Lipinski definition) is 4. The van der Waals surface area contributed by atoms with E-state index in [9.17, 15) is 27.9 Å². The highest BCUT2D eigenvalue weighted by atomic mass is 32.2. The lowest BCUT2D eigenvalue weighted by Crippen LogP contribution is -2.31. The van der Waals surface area contributed by atoms with Crippen molar-refractivity contribution in [1.29, 1.82) is 0 Å². The summed E-state index contributed by atoms with van der Waals surface area (Å²) in [6, 6.07) is 2.16. The van der Waals surface area contributed by atoms with Gasteiger partial charge in [0.05, 0.1) is 22.3 Å². The molecule has 1 N–H and O–H groups in total. The maximum Gasteiger partial charge on any atom is 0.417 e. The van der Waals surface area contributed by atoms with Crippen molar-refractivity contribution < 1.29 is 27.9 Å². The van der Waals surface area contributed by atoms with Crippen LogP contribution in [0, 0.1) is 17.8 Å². The van der Waals surface area contributed by atoms with Gasteiger partial charge in [-0.05, 0) is 36.8 Å². The Hall–Kier alpha value is -1.77. The molecule has 5 nitrogen and oxygen atoms in total. The highest BCUT2D eigenvalue weighted by molar-refractivity contribution is 7.99. The molecule has 1 aliphatic carbocycles. The molecule has 2 heterocycles. The van der Waals surface area contributed by atoms with Gasteiger partial charge in [-0.15, -0.1) is 0 Å². The SMILES string of the molecule is O=C(O)[C@H]1CN(C(=O)CSc2ccc(C(F)(F)F)cn2)C[C@@H]1C1CC1. The summed E-state index contributed by atoms with van der Waals surface area (Å²) in [4.78, 5) is 28.9. The molecule has 0 bridgehead atoms. The lowest BCUT2D eigenvalue weighted by Gasteiger charge is -2.16. The van der Waals surface area contributed by atoms with E-state index >= 15 is 0 Å². The summed E-state index contributed by atoms with van der Waals surface area (Å²) in [6.45, 7) is 0.651. The topological polar surface area (TPSA) is 70.5 Å². The van der Waals surface area contributed by atoms with E-state index in [4.69, 9.17) is 0 Å². The molecule has 136 valence electrons. The molecule has 2 aliphatic rings. The number of carboxylic acid groups (broad SMARTS) is 1. The number of carboxylic acids is 1. The second kappa shape index (κ2) is 6.86. The van der Waals surface area contributed by atoms with Crippen molar-refractivity contribution in [3.05, 3.63) is 23.9 Å². The van der Waals surface area contributed by atoms with Crippen molar-refractivity contribution in [3.63, 3.8) is 0 Å². The molecule has 1 aliphatic heterocycles. The Balaban J connectivity index is 1.55. The lowest BCUT2D eigenvalue weighted by atomic mass is 9.92. The van der Waals surface area contributed by atoms with E-state index in [1.54, 1.807) is 4.90 Å². The largest absolute Gasteiger partial charge is 0.481 e. The third kappa shape index (κ3) is 4.26. The van der Waals surface area contributed by atoms with Gasteiger partial charge in [0.1, 0.15) is 0 Å². The van der Waals surface area contributed by atoms with Crippen molar-refractivity contribution in [3.8, 4) is 0 Å². The Morgan fingerprint density at radius 2 is 2.00 bits per heavy atom. The zero-order chi connectivity index (χ0) is 18.2. The number of rotatable bonds is 5. The number of amides is 1. The van der Waals surface area contributed by atoms with Crippen LogP contribution < -0.4 is 0 Å². The van der Waals surface area contributed by atoms with Gasteiger partial charge in [0.25, 0.3) is 0 Å². The summed E-state index contributed by atoms with van der Waals surface area (Å²) >= 11 is 1.05. The second-order valence-electron chi connectivity index (χ2n) is 6.42. The predicted octanol–water partition coefficient (Wildman–Crippen LogP) is 2.76. The third-order valence-electron chi connectivity index (χ3n) is 4.67. The molecule has 1 aromatic heterocycles. The van der Waals surface area contributed by atoms with Crippen LogP contribution >= 0.6 is 11.8 Å². The molecular formula is C16H17F3N2O3S. The molecule has 0 unspecified atom stereocenters. The van der Waals surface area contributed by atoms with Gasteiger partial charge in [0.2, 0.25) is 5.91 Å². The fraction of sp³-hybridized carbons (Fsp3) is 0.562. The van der Waals surface area contributed by atoms with E-state index < -0.39 is 23.6 Å². The maximum atomic E-state index is 12.5. The van der Waals surface area contributed by atoms with E-state index in [0.717, 1.165) is 36.9 Å². The number of aromatic nitrogens is 1. The van der Waals surface area contributed by atoms with Crippen LogP contribution in [-0.2, 0) is 15.8 Å². The standard InChI is InChI=1S/C16H17F3N2O3S/c17-16(18,19)10-3-4-13(20-5-10)25-8-14(22)21-6-11(9-1-2-9)12(7-21)15(23)24/h3-5,9,11-12H,1-2,6-8H2,(H,23,24)/t11-,12+/m1/s1. The number of halogens is 3. The van der Waals surface area contributed by atoms with Crippen LogP contribution in [0.15, 0.2) is 23.4 Å². The normalized spacial score (nSPS) is 23.7. The second-order valence-corrected chi connectivity index (χ2v) is 7.41. The van der Waals surface area contributed by atoms with Gasteiger partial charge in [0, 0.05) is 19.3 Å². The van der Waals surface area contributed by atoms with Crippen LogP contribution in [0.4, 0.5) is 13.2 Å². The molecule has 25 heavy (non-hydrogen) atoms. The number of carbonyl (C=O) groups excluding carboxylic acids is 1. The first-order chi connectivity index (χ1) is 11.8. The minimum absolute atomic E-state index is 0.00986. The van der Waals surface area contributed by atoms with Crippen molar-refractivity contribution in [2.45, 2.75) is 24.0 Å². The zero-order valence-electron chi connectivity index (χ0n) is 13.2. The number of pyridine rings is 1. The van der Waals surface area contributed by atoms with Gasteiger partial charge < -0.3 is 10.0 Å². The van der Waals surface area contributed by atoms with Crippen LogP contribution in [0.1, 0.15) is 18.4 Å². The first-order valence-electron chi connectivity index (χ1n) is 7.92. The molecule has 1 amide bonds. The molecule has 2 atom stereocenters. The molecule has 3 rings (SSSR count). The first-order valence-corrected chi connectivity index (χ1v) is 8.91. The lowest BCUT2D eigenvalue weighted by molar-refractivity contribution is -0.143. The number of hydrogen-bond donors (Lipinski definition) is 1. The molecule has 0 aromatic carbocycles. The molecule has 0 radical (unpaired) electrons. The fourth-order valence-electron chi connectivity index (χ4n) is 3.16. The van der Waals surface area contributed by atoms with Gasteiger partial charge in [-0.1, -0.05) is 11.8 Å². The Kier molecular flexibility index (Phi) is 4.95. The van der Waals surface area contributed by atoms with Crippen molar-refractivity contribution in [1.82, 2.24) is 9.88 Å². The van der Waals surface area contributed by atoms with Crippen molar-refractivity contribution in [2.24, 2.45) is 17.8 Å². The summed E-state index contributed by atoms with van der Waals surface area (Å²) in [5.41, 5.74) is -0.834. The van der Waals surface area contributed by atoms with Gasteiger partial charge in [0.15, 0.2) is 0 Å². The molecule has 9 heteroatoms. The fourth-order valence-corrected chi connectivity index (χ4v) is 3.90. The minimum atomic E-state index is -4.44. The number of aliphatic carboxylic acids is 1. The predicted molar refractivity (Wildman–Crippen MR) is 83.9 cm³/mol. The molecule has 2 fully saturated rings. The molecule has 0 spiro atoms. The Morgan fingerprint density at radius 1 is 1.28 bits per heavy atom. The van der Waals surface area contributed by atoms with Crippen LogP contribution in [0.2, 0.25) is 0 Å². The minimum Gasteiger partial charge on any atom is -0.481 e. The number of thioether (sulfide) groups is 1. The van der Waals surface area contributed by atoms with Crippen LogP contribution in [0.25, 0.3) is 0 Å². The molecule has 1 aromatic rings. The average Bonchev–Trinajstić information content (AvgIpc) is 3.30. The zero-order valence-corrected chi connectivity index (χ0v) is 14.0. The summed E-state index contributed by atoms with van der Waals surface area (Å²) in [5, 5.41) is 9.64. The first kappa shape index (κ1) is 18.0. The quantitative estimate of drug-likeness (QED) is 0.803. The average molecular weight is 374 g/mol. The monoisotopic (exact) mass is 374 g/mol. The van der Waals surface area contributed by atoms with Gasteiger partial charge in [-0.25, -0.2) is 4.98 Å². The summed E-state index contributed by atoms with van der Waals surface area (Å²) in [5.74, 6) is -1.17. The number of nitrogens with zero attached hydrogens (tertiary/aromatic N) is 2. The molecule has 1 saturated carbocycles. The number of carbonyl (C=O) groups is 2. The Morgan fingerprint density at radius 3 is 2.52 bits per heavy atom. The van der Waals surface area contributed by atoms with E-state index in [0.29, 0.717) is 17.5 Å². The van der Waals surface area contributed by atoms with Gasteiger partial charge >= 0.3 is 12.1 Å². The third-order valence-corrected chi connectivity index (χ3v) is 5.60. The van der Waals surface area contributed by atoms with Crippen LogP contribution in [-0.4, -0.2) is 45.7 Å². The van der Waals surface area contributed by atoms with E-state index in [1.165, 1.54) is 6.07 Å². The van der Waals surface area contributed by atoms with Crippen molar-refractivity contribution in [2.75, 3.05) is 18.8 Å². The summed E-state index contributed by atoms with van der Waals surface area (Å²) in [6.07, 6.45) is -1.67. The molecular weight excluding hydrogens is 357 g/mol. The van der Waals surface area contributed by atoms with Crippen LogP contribution in [0.5, 0.6) is 0 Å². The van der Waals surface area contributed by atoms with Crippen molar-refractivity contribution >= 4 is 23.6 Å². The van der Waals surface area contributed by atoms with E-state index in [1.807, 2.05) is 0 Å². The smallest absolute Gasteiger partial charge is 0.417 e. The summed E-state index contributed by atoms with van der Waals surface area (Å²) in [7, 11) is 0. The Bertz CT molecular complexity index is 662.